The molecule has 7 heteroatoms. The maximum atomic E-state index is 12.8. The molecule has 0 aliphatic carbocycles. The van der Waals surface area contributed by atoms with Crippen LogP contribution in [0.25, 0.3) is 10.6 Å². The highest BCUT2D eigenvalue weighted by atomic mass is 32.1. The molecule has 1 amide bonds. The topological polar surface area (TPSA) is 60.9 Å². The molecule has 1 heterocycles. The minimum Gasteiger partial charge on any atom is -0.497 e. The number of carbonyl (C=O) groups excluding carboxylic acids is 1. The van der Waals surface area contributed by atoms with E-state index in [9.17, 15) is 4.79 Å². The second-order valence-corrected chi connectivity index (χ2v) is 6.94. The molecule has 6 nitrogen and oxygen atoms in total. The van der Waals surface area contributed by atoms with Crippen molar-refractivity contribution in [3.8, 4) is 27.8 Å². The number of rotatable bonds is 7. The minimum atomic E-state index is -0.152. The Balaban J connectivity index is 1.76. The van der Waals surface area contributed by atoms with E-state index >= 15 is 0 Å². The lowest BCUT2D eigenvalue weighted by Crippen LogP contribution is -2.26. The molecule has 2 aromatic carbocycles. The summed E-state index contributed by atoms with van der Waals surface area (Å²) in [5, 5.41) is 2.57. The van der Waals surface area contributed by atoms with E-state index < -0.39 is 0 Å². The standard InChI is InChI=1S/C21H22N2O4S/c1-23(12-15-6-5-7-18(26-3)19(15)27-4)21(24)17-13-28-20(22-17)14-8-10-16(25-2)11-9-14/h5-11,13H,12H2,1-4H3. The molecule has 0 atom stereocenters. The van der Waals surface area contributed by atoms with Crippen molar-refractivity contribution in [1.29, 1.82) is 0 Å². The highest BCUT2D eigenvalue weighted by Crippen LogP contribution is 2.32. The van der Waals surface area contributed by atoms with E-state index in [1.165, 1.54) is 11.3 Å². The third kappa shape index (κ3) is 4.09. The summed E-state index contributed by atoms with van der Waals surface area (Å²) in [5.41, 5.74) is 2.23. The maximum absolute atomic E-state index is 12.8. The van der Waals surface area contributed by atoms with Crippen molar-refractivity contribution >= 4 is 17.2 Å². The molecule has 0 N–H and O–H groups in total. The molecule has 28 heavy (non-hydrogen) atoms. The van der Waals surface area contributed by atoms with Gasteiger partial charge in [0.25, 0.3) is 5.91 Å². The molecule has 0 saturated carbocycles. The van der Waals surface area contributed by atoms with Gasteiger partial charge in [0.2, 0.25) is 0 Å². The van der Waals surface area contributed by atoms with Gasteiger partial charge >= 0.3 is 0 Å². The number of para-hydroxylation sites is 1. The van der Waals surface area contributed by atoms with Crippen LogP contribution in [0.1, 0.15) is 16.1 Å². The van der Waals surface area contributed by atoms with E-state index in [0.717, 1.165) is 21.9 Å². The quantitative estimate of drug-likeness (QED) is 0.599. The van der Waals surface area contributed by atoms with Crippen LogP contribution in [0.3, 0.4) is 0 Å². The van der Waals surface area contributed by atoms with Gasteiger partial charge in [0.05, 0.1) is 21.3 Å². The Morgan fingerprint density at radius 2 is 1.79 bits per heavy atom. The minimum absolute atomic E-state index is 0.152. The summed E-state index contributed by atoms with van der Waals surface area (Å²) in [6.45, 7) is 0.384. The lowest BCUT2D eigenvalue weighted by atomic mass is 10.1. The Morgan fingerprint density at radius 1 is 1.04 bits per heavy atom. The van der Waals surface area contributed by atoms with Gasteiger partial charge in [0.1, 0.15) is 16.5 Å². The average molecular weight is 398 g/mol. The highest BCUT2D eigenvalue weighted by molar-refractivity contribution is 7.13. The van der Waals surface area contributed by atoms with E-state index in [1.807, 2.05) is 42.5 Å². The number of carbonyl (C=O) groups is 1. The Labute approximate surface area is 168 Å². The number of thiazole rings is 1. The Bertz CT molecular complexity index is 953. The average Bonchev–Trinajstić information content (AvgIpc) is 3.23. The summed E-state index contributed by atoms with van der Waals surface area (Å²) >= 11 is 1.44. The molecule has 3 aromatic rings. The van der Waals surface area contributed by atoms with Gasteiger partial charge in [-0.25, -0.2) is 4.98 Å². The van der Waals surface area contributed by atoms with Gasteiger partial charge in [-0.1, -0.05) is 12.1 Å². The van der Waals surface area contributed by atoms with Crippen LogP contribution in [-0.4, -0.2) is 44.2 Å². The van der Waals surface area contributed by atoms with Crippen molar-refractivity contribution in [2.75, 3.05) is 28.4 Å². The first-order valence-electron chi connectivity index (χ1n) is 8.62. The number of hydrogen-bond acceptors (Lipinski definition) is 6. The number of methoxy groups -OCH3 is 3. The van der Waals surface area contributed by atoms with Gasteiger partial charge in [-0.3, -0.25) is 4.79 Å². The van der Waals surface area contributed by atoms with Crippen LogP contribution in [0.2, 0.25) is 0 Å². The number of aromatic nitrogens is 1. The van der Waals surface area contributed by atoms with Gasteiger partial charge in [-0.05, 0) is 30.3 Å². The fourth-order valence-corrected chi connectivity index (χ4v) is 3.64. The molecule has 0 fully saturated rings. The summed E-state index contributed by atoms with van der Waals surface area (Å²) in [4.78, 5) is 18.9. The number of ether oxygens (including phenoxy) is 3. The van der Waals surface area contributed by atoms with Crippen LogP contribution in [-0.2, 0) is 6.54 Å². The first kappa shape index (κ1) is 19.7. The molecule has 0 radical (unpaired) electrons. The summed E-state index contributed by atoms with van der Waals surface area (Å²) in [6, 6.07) is 13.2. The Morgan fingerprint density at radius 3 is 2.43 bits per heavy atom. The van der Waals surface area contributed by atoms with Crippen LogP contribution < -0.4 is 14.2 Å². The summed E-state index contributed by atoms with van der Waals surface area (Å²) < 4.78 is 15.9. The number of nitrogens with zero attached hydrogens (tertiary/aromatic N) is 2. The molecule has 0 saturated heterocycles. The van der Waals surface area contributed by atoms with Crippen molar-refractivity contribution in [2.24, 2.45) is 0 Å². The first-order valence-corrected chi connectivity index (χ1v) is 9.50. The van der Waals surface area contributed by atoms with Gasteiger partial charge < -0.3 is 19.1 Å². The monoisotopic (exact) mass is 398 g/mol. The normalized spacial score (nSPS) is 10.4. The third-order valence-electron chi connectivity index (χ3n) is 4.30. The SMILES string of the molecule is COc1ccc(-c2nc(C(=O)N(C)Cc3cccc(OC)c3OC)cs2)cc1. The highest BCUT2D eigenvalue weighted by Gasteiger charge is 2.19. The molecule has 0 aliphatic rings. The molecular weight excluding hydrogens is 376 g/mol. The molecule has 0 spiro atoms. The van der Waals surface area contributed by atoms with Crippen LogP contribution in [0.5, 0.6) is 17.2 Å². The van der Waals surface area contributed by atoms with Crippen molar-refractivity contribution in [1.82, 2.24) is 9.88 Å². The van der Waals surface area contributed by atoms with Gasteiger partial charge in [-0.2, -0.15) is 0 Å². The number of hydrogen-bond donors (Lipinski definition) is 0. The third-order valence-corrected chi connectivity index (χ3v) is 5.19. The van der Waals surface area contributed by atoms with Crippen molar-refractivity contribution < 1.29 is 19.0 Å². The van der Waals surface area contributed by atoms with Gasteiger partial charge in [-0.15, -0.1) is 11.3 Å². The van der Waals surface area contributed by atoms with E-state index in [2.05, 4.69) is 4.98 Å². The zero-order chi connectivity index (χ0) is 20.1. The predicted octanol–water partition coefficient (Wildman–Crippen LogP) is 4.11. The number of amides is 1. The van der Waals surface area contributed by atoms with E-state index in [-0.39, 0.29) is 5.91 Å². The van der Waals surface area contributed by atoms with E-state index in [1.54, 1.807) is 38.7 Å². The van der Waals surface area contributed by atoms with Crippen LogP contribution in [0.4, 0.5) is 0 Å². The van der Waals surface area contributed by atoms with Gasteiger partial charge in [0, 0.05) is 30.1 Å². The molecule has 3 rings (SSSR count). The molecule has 146 valence electrons. The summed E-state index contributed by atoms with van der Waals surface area (Å²) in [6.07, 6.45) is 0. The predicted molar refractivity (Wildman–Crippen MR) is 109 cm³/mol. The van der Waals surface area contributed by atoms with Crippen molar-refractivity contribution in [3.05, 3.63) is 59.1 Å². The maximum Gasteiger partial charge on any atom is 0.273 e. The lowest BCUT2D eigenvalue weighted by molar-refractivity contribution is 0.0779. The van der Waals surface area contributed by atoms with Crippen LogP contribution in [0.15, 0.2) is 47.8 Å². The van der Waals surface area contributed by atoms with E-state index in [0.29, 0.717) is 23.7 Å². The van der Waals surface area contributed by atoms with Gasteiger partial charge in [0.15, 0.2) is 11.5 Å². The van der Waals surface area contributed by atoms with E-state index in [4.69, 9.17) is 14.2 Å². The Kier molecular flexibility index (Phi) is 6.16. The lowest BCUT2D eigenvalue weighted by Gasteiger charge is -2.19. The van der Waals surface area contributed by atoms with Crippen LogP contribution >= 0.6 is 11.3 Å². The van der Waals surface area contributed by atoms with Crippen LogP contribution in [0, 0.1) is 0 Å². The molecule has 0 bridgehead atoms. The zero-order valence-electron chi connectivity index (χ0n) is 16.3. The fraction of sp³-hybridized carbons (Fsp3) is 0.238. The number of benzene rings is 2. The first-order chi connectivity index (χ1) is 13.6. The summed E-state index contributed by atoms with van der Waals surface area (Å²) in [5.74, 6) is 1.89. The molecule has 0 unspecified atom stereocenters. The van der Waals surface area contributed by atoms with Crippen molar-refractivity contribution in [3.63, 3.8) is 0 Å². The molecular formula is C21H22N2O4S. The van der Waals surface area contributed by atoms with Crippen molar-refractivity contribution in [2.45, 2.75) is 6.54 Å². The smallest absolute Gasteiger partial charge is 0.273 e. The second kappa shape index (κ2) is 8.75. The Hall–Kier alpha value is -3.06. The molecule has 0 aliphatic heterocycles. The fourth-order valence-electron chi connectivity index (χ4n) is 2.84. The molecule has 1 aromatic heterocycles. The second-order valence-electron chi connectivity index (χ2n) is 6.08. The largest absolute Gasteiger partial charge is 0.497 e. The zero-order valence-corrected chi connectivity index (χ0v) is 17.1. The summed E-state index contributed by atoms with van der Waals surface area (Å²) in [7, 11) is 6.55.